The number of nitrogens with one attached hydrogen (secondary N) is 1. The highest BCUT2D eigenvalue weighted by atomic mass is 16.6. The van der Waals surface area contributed by atoms with Crippen molar-refractivity contribution in [3.63, 3.8) is 0 Å². The van der Waals surface area contributed by atoms with E-state index in [1.54, 1.807) is 36.4 Å². The standard InChI is InChI=1S/C30H24N4O9/c35-26(11-12-32-27(36)22-9-5-18(34(40)41)14-24(22)29(32)38)31-17-3-6-19(7-4-17)43-20-8-10-23-25(15-20)30(39)33(28(23)37)16-21-2-1-13-42-21/h3-10,14-15,21H,1-2,11-13,16H2,(H,31,35). The highest BCUT2D eigenvalue weighted by Gasteiger charge is 2.38. The SMILES string of the molecule is O=C(CCN1C(=O)c2ccc([N+](=O)[O-])cc2C1=O)Nc1ccc(Oc2ccc3c(c2)C(=O)N(CC2CCCO2)C3=O)cc1. The van der Waals surface area contributed by atoms with Crippen molar-refractivity contribution in [1.29, 1.82) is 0 Å². The van der Waals surface area contributed by atoms with Crippen LogP contribution in [-0.4, -0.2) is 70.1 Å². The van der Waals surface area contributed by atoms with E-state index < -0.39 is 22.6 Å². The molecule has 13 heteroatoms. The van der Waals surface area contributed by atoms with Gasteiger partial charge in [0.2, 0.25) is 5.91 Å². The van der Waals surface area contributed by atoms with E-state index in [0.717, 1.165) is 29.9 Å². The third-order valence-corrected chi connectivity index (χ3v) is 7.45. The fourth-order valence-corrected chi connectivity index (χ4v) is 5.27. The zero-order valence-electron chi connectivity index (χ0n) is 22.6. The maximum atomic E-state index is 12.9. The van der Waals surface area contributed by atoms with Gasteiger partial charge < -0.3 is 14.8 Å². The van der Waals surface area contributed by atoms with Crippen LogP contribution in [0.15, 0.2) is 60.7 Å². The molecule has 5 amide bonds. The summed E-state index contributed by atoms with van der Waals surface area (Å²) in [4.78, 5) is 75.8. The molecule has 1 unspecified atom stereocenters. The van der Waals surface area contributed by atoms with Gasteiger partial charge in [-0.2, -0.15) is 0 Å². The number of nitro benzene ring substituents is 1. The number of non-ortho nitro benzene ring substituents is 1. The molecule has 3 aliphatic heterocycles. The number of ether oxygens (including phenoxy) is 2. The summed E-state index contributed by atoms with van der Waals surface area (Å²) >= 11 is 0. The molecule has 0 bridgehead atoms. The Kier molecular flexibility index (Phi) is 7.16. The number of rotatable bonds is 9. The third kappa shape index (κ3) is 5.33. The quantitative estimate of drug-likeness (QED) is 0.224. The average molecular weight is 585 g/mol. The molecule has 0 radical (unpaired) electrons. The molecule has 3 aromatic rings. The highest BCUT2D eigenvalue weighted by molar-refractivity contribution is 6.22. The summed E-state index contributed by atoms with van der Waals surface area (Å²) in [6, 6.07) is 14.5. The van der Waals surface area contributed by atoms with Crippen molar-refractivity contribution in [2.45, 2.75) is 25.4 Å². The van der Waals surface area contributed by atoms with Crippen LogP contribution in [0.3, 0.4) is 0 Å². The molecule has 0 spiro atoms. The van der Waals surface area contributed by atoms with E-state index in [9.17, 15) is 34.1 Å². The van der Waals surface area contributed by atoms with Crippen LogP contribution in [0.2, 0.25) is 0 Å². The van der Waals surface area contributed by atoms with E-state index in [-0.39, 0.29) is 59.8 Å². The summed E-state index contributed by atoms with van der Waals surface area (Å²) in [7, 11) is 0. The van der Waals surface area contributed by atoms with E-state index >= 15 is 0 Å². The Morgan fingerprint density at radius 1 is 0.860 bits per heavy atom. The van der Waals surface area contributed by atoms with Gasteiger partial charge in [0.1, 0.15) is 11.5 Å². The molecule has 218 valence electrons. The highest BCUT2D eigenvalue weighted by Crippen LogP contribution is 2.31. The van der Waals surface area contributed by atoms with E-state index in [1.165, 1.54) is 17.0 Å². The Morgan fingerprint density at radius 3 is 2.19 bits per heavy atom. The van der Waals surface area contributed by atoms with Gasteiger partial charge in [0.05, 0.1) is 39.8 Å². The smallest absolute Gasteiger partial charge is 0.270 e. The monoisotopic (exact) mass is 584 g/mol. The number of fused-ring (bicyclic) bond motifs is 2. The lowest BCUT2D eigenvalue weighted by atomic mass is 10.1. The van der Waals surface area contributed by atoms with Crippen LogP contribution in [0.1, 0.15) is 60.7 Å². The zero-order valence-corrected chi connectivity index (χ0v) is 22.6. The number of amides is 5. The van der Waals surface area contributed by atoms with Gasteiger partial charge in [0.15, 0.2) is 0 Å². The molecule has 1 N–H and O–H groups in total. The van der Waals surface area contributed by atoms with Crippen LogP contribution in [0, 0.1) is 10.1 Å². The van der Waals surface area contributed by atoms with Crippen molar-refractivity contribution in [1.82, 2.24) is 9.80 Å². The molecule has 1 saturated heterocycles. The maximum absolute atomic E-state index is 12.9. The van der Waals surface area contributed by atoms with Gasteiger partial charge in [-0.1, -0.05) is 0 Å². The predicted octanol–water partition coefficient (Wildman–Crippen LogP) is 3.79. The molecule has 13 nitrogen and oxygen atoms in total. The van der Waals surface area contributed by atoms with Crippen molar-refractivity contribution < 1.29 is 38.4 Å². The number of carbonyl (C=O) groups is 5. The minimum absolute atomic E-state index is 0.0573. The van der Waals surface area contributed by atoms with E-state index in [0.29, 0.717) is 29.4 Å². The molecular weight excluding hydrogens is 560 g/mol. The van der Waals surface area contributed by atoms with Gasteiger partial charge in [-0.25, -0.2) is 0 Å². The summed E-state index contributed by atoms with van der Waals surface area (Å²) in [5.41, 5.74) is 0.710. The molecule has 0 aliphatic carbocycles. The second kappa shape index (κ2) is 11.1. The van der Waals surface area contributed by atoms with E-state index in [2.05, 4.69) is 5.32 Å². The summed E-state index contributed by atoms with van der Waals surface area (Å²) in [6.07, 6.45) is 1.38. The predicted molar refractivity (Wildman–Crippen MR) is 149 cm³/mol. The van der Waals surface area contributed by atoms with Gasteiger partial charge in [-0.05, 0) is 61.4 Å². The average Bonchev–Trinajstić information content (AvgIpc) is 3.66. The number of nitrogens with zero attached hydrogens (tertiary/aromatic N) is 3. The number of hydrogen-bond donors (Lipinski definition) is 1. The molecule has 0 saturated carbocycles. The Hall–Kier alpha value is -5.43. The summed E-state index contributed by atoms with van der Waals surface area (Å²) < 4.78 is 11.4. The molecule has 6 rings (SSSR count). The van der Waals surface area contributed by atoms with Crippen molar-refractivity contribution >= 4 is 40.9 Å². The fraction of sp³-hybridized carbons (Fsp3) is 0.233. The lowest BCUT2D eigenvalue weighted by Crippen LogP contribution is -2.36. The first kappa shape index (κ1) is 27.7. The molecular formula is C30H24N4O9. The van der Waals surface area contributed by atoms with Crippen molar-refractivity contribution in [3.05, 3.63) is 93.0 Å². The summed E-state index contributed by atoms with van der Waals surface area (Å²) in [5, 5.41) is 13.7. The van der Waals surface area contributed by atoms with Gasteiger partial charge in [-0.3, -0.25) is 43.9 Å². The molecule has 3 aromatic carbocycles. The van der Waals surface area contributed by atoms with E-state index in [1.807, 2.05) is 0 Å². The molecule has 3 heterocycles. The Labute approximate surface area is 244 Å². The summed E-state index contributed by atoms with van der Waals surface area (Å²) in [5.74, 6) is -1.71. The Balaban J connectivity index is 1.03. The van der Waals surface area contributed by atoms with Crippen LogP contribution >= 0.6 is 0 Å². The zero-order chi connectivity index (χ0) is 30.2. The van der Waals surface area contributed by atoms with Crippen LogP contribution in [0.25, 0.3) is 0 Å². The first-order chi connectivity index (χ1) is 20.7. The van der Waals surface area contributed by atoms with Gasteiger partial charge in [0, 0.05) is 37.4 Å². The van der Waals surface area contributed by atoms with Crippen LogP contribution in [-0.2, 0) is 9.53 Å². The second-order valence-corrected chi connectivity index (χ2v) is 10.2. The molecule has 0 aromatic heterocycles. The van der Waals surface area contributed by atoms with Gasteiger partial charge >= 0.3 is 0 Å². The molecule has 1 fully saturated rings. The number of nitro groups is 1. The lowest BCUT2D eigenvalue weighted by Gasteiger charge is -2.17. The number of anilines is 1. The van der Waals surface area contributed by atoms with Gasteiger partial charge in [0.25, 0.3) is 29.3 Å². The van der Waals surface area contributed by atoms with Crippen molar-refractivity contribution in [3.8, 4) is 11.5 Å². The largest absolute Gasteiger partial charge is 0.457 e. The third-order valence-electron chi connectivity index (χ3n) is 7.45. The van der Waals surface area contributed by atoms with Crippen LogP contribution in [0.4, 0.5) is 11.4 Å². The number of benzene rings is 3. The van der Waals surface area contributed by atoms with Crippen LogP contribution in [0.5, 0.6) is 11.5 Å². The lowest BCUT2D eigenvalue weighted by molar-refractivity contribution is -0.384. The minimum atomic E-state index is -0.689. The first-order valence-corrected chi connectivity index (χ1v) is 13.5. The second-order valence-electron chi connectivity index (χ2n) is 10.2. The van der Waals surface area contributed by atoms with Crippen molar-refractivity contribution in [2.75, 3.05) is 25.0 Å². The molecule has 43 heavy (non-hydrogen) atoms. The topological polar surface area (TPSA) is 165 Å². The number of carbonyl (C=O) groups excluding carboxylic acids is 5. The molecule has 3 aliphatic rings. The number of hydrogen-bond acceptors (Lipinski definition) is 9. The minimum Gasteiger partial charge on any atom is -0.457 e. The number of imide groups is 2. The van der Waals surface area contributed by atoms with Crippen molar-refractivity contribution in [2.24, 2.45) is 0 Å². The first-order valence-electron chi connectivity index (χ1n) is 13.5. The fourth-order valence-electron chi connectivity index (χ4n) is 5.27. The Bertz CT molecular complexity index is 1700. The maximum Gasteiger partial charge on any atom is 0.270 e. The van der Waals surface area contributed by atoms with Gasteiger partial charge in [-0.15, -0.1) is 0 Å². The summed E-state index contributed by atoms with van der Waals surface area (Å²) in [6.45, 7) is 0.650. The Morgan fingerprint density at radius 2 is 1.49 bits per heavy atom. The van der Waals surface area contributed by atoms with Crippen LogP contribution < -0.4 is 10.1 Å². The molecule has 1 atom stereocenters. The normalized spacial score (nSPS) is 17.3. The van der Waals surface area contributed by atoms with E-state index in [4.69, 9.17) is 9.47 Å².